The number of hydrogen-bond acceptors (Lipinski definition) is 3. The zero-order chi connectivity index (χ0) is 17.8. The number of ether oxygens (including phenoxy) is 1. The van der Waals surface area contributed by atoms with Gasteiger partial charge in [0.25, 0.3) is 0 Å². The minimum Gasteiger partial charge on any atom is -0.372 e. The summed E-state index contributed by atoms with van der Waals surface area (Å²) >= 11 is 0. The van der Waals surface area contributed by atoms with E-state index in [0.717, 1.165) is 30.6 Å². The molecule has 6 heteroatoms. The number of rotatable bonds is 1. The van der Waals surface area contributed by atoms with Crippen molar-refractivity contribution in [2.75, 3.05) is 26.2 Å². The molecule has 26 heavy (non-hydrogen) atoms. The van der Waals surface area contributed by atoms with Gasteiger partial charge in [0, 0.05) is 31.6 Å². The molecule has 6 nitrogen and oxygen atoms in total. The maximum Gasteiger partial charge on any atom is 0.317 e. The van der Waals surface area contributed by atoms with Crippen LogP contribution in [0.1, 0.15) is 57.8 Å². The lowest BCUT2D eigenvalue weighted by Crippen LogP contribution is -2.63. The lowest BCUT2D eigenvalue weighted by atomic mass is 9.53. The summed E-state index contributed by atoms with van der Waals surface area (Å²) in [5, 5.41) is 6.45. The fourth-order valence-corrected chi connectivity index (χ4v) is 6.77. The van der Waals surface area contributed by atoms with Crippen molar-refractivity contribution in [2.45, 2.75) is 68.9 Å². The smallest absolute Gasteiger partial charge is 0.317 e. The molecule has 2 N–H and O–H groups in total. The summed E-state index contributed by atoms with van der Waals surface area (Å²) in [6.07, 6.45) is 9.81. The summed E-state index contributed by atoms with van der Waals surface area (Å²) in [5.41, 5.74) is -0.197. The van der Waals surface area contributed by atoms with Crippen LogP contribution in [0.3, 0.4) is 0 Å². The number of amides is 3. The summed E-state index contributed by atoms with van der Waals surface area (Å²) in [5.74, 6) is 2.60. The van der Waals surface area contributed by atoms with E-state index >= 15 is 0 Å². The van der Waals surface area contributed by atoms with Crippen molar-refractivity contribution >= 4 is 11.9 Å². The molecule has 6 fully saturated rings. The number of urea groups is 1. The Morgan fingerprint density at radius 3 is 2.31 bits per heavy atom. The quantitative estimate of drug-likeness (QED) is 0.751. The van der Waals surface area contributed by atoms with E-state index in [1.807, 2.05) is 4.90 Å². The fraction of sp³-hybridized carbons (Fsp3) is 0.900. The summed E-state index contributed by atoms with van der Waals surface area (Å²) < 4.78 is 6.02. The van der Waals surface area contributed by atoms with Crippen LogP contribution in [0.15, 0.2) is 0 Å². The topological polar surface area (TPSA) is 70.7 Å². The van der Waals surface area contributed by atoms with E-state index in [1.165, 1.54) is 38.5 Å². The van der Waals surface area contributed by atoms with E-state index in [9.17, 15) is 9.59 Å². The highest BCUT2D eigenvalue weighted by atomic mass is 16.5. The van der Waals surface area contributed by atoms with Gasteiger partial charge in [0.2, 0.25) is 5.91 Å². The van der Waals surface area contributed by atoms with E-state index in [0.29, 0.717) is 32.7 Å². The predicted octanol–water partition coefficient (Wildman–Crippen LogP) is 2.04. The van der Waals surface area contributed by atoms with Crippen LogP contribution >= 0.6 is 0 Å². The maximum absolute atomic E-state index is 13.0. The number of likely N-dealkylation sites (tertiary alicyclic amines) is 1. The Hall–Kier alpha value is -1.30. The molecule has 0 aromatic rings. The van der Waals surface area contributed by atoms with E-state index < -0.39 is 0 Å². The number of nitrogens with zero attached hydrogens (tertiary/aromatic N) is 1. The summed E-state index contributed by atoms with van der Waals surface area (Å²) in [6, 6.07) is 0.124. The number of carbonyl (C=O) groups excluding carboxylic acids is 2. The van der Waals surface area contributed by atoms with Crippen molar-refractivity contribution in [1.29, 1.82) is 0 Å². The van der Waals surface area contributed by atoms with Gasteiger partial charge in [-0.25, -0.2) is 4.79 Å². The van der Waals surface area contributed by atoms with Crippen LogP contribution in [-0.2, 0) is 9.53 Å². The monoisotopic (exact) mass is 361 g/mol. The molecule has 3 amide bonds. The molecule has 2 heterocycles. The van der Waals surface area contributed by atoms with Crippen molar-refractivity contribution in [3.8, 4) is 0 Å². The molecule has 1 spiro atoms. The Bertz CT molecular complexity index is 562. The molecule has 4 aliphatic carbocycles. The summed E-state index contributed by atoms with van der Waals surface area (Å²) in [4.78, 5) is 26.5. The second kappa shape index (κ2) is 6.11. The van der Waals surface area contributed by atoms with Crippen LogP contribution in [-0.4, -0.2) is 54.2 Å². The first-order chi connectivity index (χ1) is 12.5. The highest BCUT2D eigenvalue weighted by Crippen LogP contribution is 2.55. The molecule has 4 saturated carbocycles. The molecule has 0 atom stereocenters. The molecule has 2 saturated heterocycles. The largest absolute Gasteiger partial charge is 0.372 e. The maximum atomic E-state index is 13.0. The SMILES string of the molecule is O=C1CCOC2(CCN(C(=O)NC34CC5CC(CC(C5)C3)C4)CC2)CN1. The molecule has 2 aliphatic heterocycles. The van der Waals surface area contributed by atoms with Gasteiger partial charge in [0.05, 0.1) is 12.2 Å². The highest BCUT2D eigenvalue weighted by molar-refractivity contribution is 5.76. The van der Waals surface area contributed by atoms with E-state index in [4.69, 9.17) is 4.74 Å². The Morgan fingerprint density at radius 2 is 1.69 bits per heavy atom. The second-order valence-electron chi connectivity index (χ2n) is 9.67. The average Bonchev–Trinajstić information content (AvgIpc) is 2.76. The Kier molecular flexibility index (Phi) is 3.96. The minimum absolute atomic E-state index is 0.0730. The van der Waals surface area contributed by atoms with Gasteiger partial charge in [-0.15, -0.1) is 0 Å². The van der Waals surface area contributed by atoms with Crippen molar-refractivity contribution in [1.82, 2.24) is 15.5 Å². The normalized spacial score (nSPS) is 41.0. The average molecular weight is 361 g/mol. The van der Waals surface area contributed by atoms with Crippen molar-refractivity contribution in [3.05, 3.63) is 0 Å². The van der Waals surface area contributed by atoms with Crippen LogP contribution in [0.5, 0.6) is 0 Å². The Morgan fingerprint density at radius 1 is 1.08 bits per heavy atom. The van der Waals surface area contributed by atoms with Gasteiger partial charge in [0.1, 0.15) is 0 Å². The van der Waals surface area contributed by atoms with Crippen molar-refractivity contribution in [3.63, 3.8) is 0 Å². The lowest BCUT2D eigenvalue weighted by Gasteiger charge is -2.57. The first-order valence-electron chi connectivity index (χ1n) is 10.5. The number of piperidine rings is 1. The van der Waals surface area contributed by atoms with Gasteiger partial charge in [-0.2, -0.15) is 0 Å². The molecule has 0 aromatic carbocycles. The molecule has 144 valence electrons. The highest BCUT2D eigenvalue weighted by Gasteiger charge is 2.52. The Labute approximate surface area is 155 Å². The number of carbonyl (C=O) groups is 2. The third-order valence-electron chi connectivity index (χ3n) is 7.72. The number of nitrogens with one attached hydrogen (secondary N) is 2. The van der Waals surface area contributed by atoms with Gasteiger partial charge in [-0.05, 0) is 69.1 Å². The van der Waals surface area contributed by atoms with Gasteiger partial charge in [0.15, 0.2) is 0 Å². The lowest BCUT2D eigenvalue weighted by molar-refractivity contribution is -0.120. The molecular weight excluding hydrogens is 330 g/mol. The van der Waals surface area contributed by atoms with Crippen LogP contribution in [0, 0.1) is 17.8 Å². The van der Waals surface area contributed by atoms with E-state index in [1.54, 1.807) is 0 Å². The molecule has 0 unspecified atom stereocenters. The van der Waals surface area contributed by atoms with Crippen LogP contribution in [0.25, 0.3) is 0 Å². The summed E-state index contributed by atoms with van der Waals surface area (Å²) in [6.45, 7) is 2.50. The molecule has 6 aliphatic rings. The van der Waals surface area contributed by atoms with Gasteiger partial charge < -0.3 is 20.3 Å². The van der Waals surface area contributed by atoms with E-state index in [2.05, 4.69) is 10.6 Å². The third-order valence-corrected chi connectivity index (χ3v) is 7.72. The zero-order valence-corrected chi connectivity index (χ0v) is 15.6. The van der Waals surface area contributed by atoms with Gasteiger partial charge >= 0.3 is 6.03 Å². The standard InChI is InChI=1S/C20H31N3O3/c24-17-1-6-26-20(13-21-17)2-4-23(5-3-20)18(25)22-19-10-14-7-15(11-19)9-16(8-14)12-19/h14-16H,1-13H2,(H,21,24)(H,22,25). The Balaban J connectivity index is 1.19. The third kappa shape index (κ3) is 3.00. The van der Waals surface area contributed by atoms with E-state index in [-0.39, 0.29) is 23.1 Å². The van der Waals surface area contributed by atoms with Crippen LogP contribution < -0.4 is 10.6 Å². The minimum atomic E-state index is -0.274. The first kappa shape index (κ1) is 16.8. The molecule has 4 bridgehead atoms. The fourth-order valence-electron chi connectivity index (χ4n) is 6.77. The van der Waals surface area contributed by atoms with Crippen LogP contribution in [0.4, 0.5) is 4.79 Å². The second-order valence-corrected chi connectivity index (χ2v) is 9.67. The number of hydrogen-bond donors (Lipinski definition) is 2. The summed E-state index contributed by atoms with van der Waals surface area (Å²) in [7, 11) is 0. The molecule has 0 aromatic heterocycles. The van der Waals surface area contributed by atoms with Crippen LogP contribution in [0.2, 0.25) is 0 Å². The first-order valence-corrected chi connectivity index (χ1v) is 10.5. The van der Waals surface area contributed by atoms with Gasteiger partial charge in [-0.3, -0.25) is 4.79 Å². The predicted molar refractivity (Wildman–Crippen MR) is 96.6 cm³/mol. The molecular formula is C20H31N3O3. The van der Waals surface area contributed by atoms with Gasteiger partial charge in [-0.1, -0.05) is 0 Å². The van der Waals surface area contributed by atoms with Crippen molar-refractivity contribution in [2.24, 2.45) is 17.8 Å². The molecule has 6 rings (SSSR count). The van der Waals surface area contributed by atoms with Crippen molar-refractivity contribution < 1.29 is 14.3 Å². The molecule has 0 radical (unpaired) electrons. The zero-order valence-electron chi connectivity index (χ0n) is 15.6.